The van der Waals surface area contributed by atoms with E-state index < -0.39 is 6.10 Å². The van der Waals surface area contributed by atoms with Crippen LogP contribution in [0.25, 0.3) is 0 Å². The van der Waals surface area contributed by atoms with Crippen LogP contribution < -0.4 is 0 Å². The van der Waals surface area contributed by atoms with Crippen molar-refractivity contribution in [2.45, 2.75) is 25.0 Å². The molecule has 0 radical (unpaired) electrons. The summed E-state index contributed by atoms with van der Waals surface area (Å²) in [6.45, 7) is 3.52. The van der Waals surface area contributed by atoms with E-state index in [4.69, 9.17) is 14.9 Å². The fourth-order valence-electron chi connectivity index (χ4n) is 1.09. The molecule has 0 aromatic heterocycles. The molecule has 10 heavy (non-hydrogen) atoms. The predicted molar refractivity (Wildman–Crippen MR) is 36.3 cm³/mol. The molecule has 3 heteroatoms. The van der Waals surface area contributed by atoms with E-state index in [1.165, 1.54) is 0 Å². The van der Waals surface area contributed by atoms with E-state index in [-0.39, 0.29) is 12.7 Å². The van der Waals surface area contributed by atoms with Crippen molar-refractivity contribution in [1.29, 1.82) is 0 Å². The van der Waals surface area contributed by atoms with Gasteiger partial charge in [0.05, 0.1) is 18.5 Å². The van der Waals surface area contributed by atoms with Gasteiger partial charge in [-0.25, -0.2) is 0 Å². The third-order valence-electron chi connectivity index (χ3n) is 1.54. The van der Waals surface area contributed by atoms with E-state index in [9.17, 15) is 0 Å². The highest BCUT2D eigenvalue weighted by atomic mass is 16.5. The van der Waals surface area contributed by atoms with Gasteiger partial charge >= 0.3 is 0 Å². The standard InChI is InChI=1S/C7H12O3/c1-5-2-6(9)3-7(4-8)10-5/h6-9H,1-4H2. The monoisotopic (exact) mass is 144 g/mol. The van der Waals surface area contributed by atoms with E-state index in [0.717, 1.165) is 0 Å². The molecule has 0 aromatic carbocycles. The van der Waals surface area contributed by atoms with Gasteiger partial charge in [0.15, 0.2) is 0 Å². The second-order valence-corrected chi connectivity index (χ2v) is 2.55. The molecule has 1 rings (SSSR count). The minimum absolute atomic E-state index is 0.0456. The van der Waals surface area contributed by atoms with Crippen molar-refractivity contribution in [2.24, 2.45) is 0 Å². The molecule has 1 fully saturated rings. The molecule has 3 nitrogen and oxygen atoms in total. The van der Waals surface area contributed by atoms with Crippen LogP contribution >= 0.6 is 0 Å². The van der Waals surface area contributed by atoms with Crippen molar-refractivity contribution < 1.29 is 14.9 Å². The minimum Gasteiger partial charge on any atom is -0.493 e. The summed E-state index contributed by atoms with van der Waals surface area (Å²) in [6.07, 6.45) is 0.362. The minimum atomic E-state index is -0.390. The average molecular weight is 144 g/mol. The number of ether oxygens (including phenoxy) is 1. The van der Waals surface area contributed by atoms with Gasteiger partial charge in [0.1, 0.15) is 6.10 Å². The molecule has 2 N–H and O–H groups in total. The summed E-state index contributed by atoms with van der Waals surface area (Å²) in [4.78, 5) is 0. The van der Waals surface area contributed by atoms with Crippen molar-refractivity contribution in [3.63, 3.8) is 0 Å². The first kappa shape index (κ1) is 7.57. The Morgan fingerprint density at radius 1 is 1.70 bits per heavy atom. The molecule has 2 unspecified atom stereocenters. The molecule has 0 saturated carbocycles. The second-order valence-electron chi connectivity index (χ2n) is 2.55. The molecule has 0 aliphatic carbocycles. The normalized spacial score (nSPS) is 33.6. The number of hydrogen-bond acceptors (Lipinski definition) is 3. The molecule has 0 aromatic rings. The maximum Gasteiger partial charge on any atom is 0.124 e. The van der Waals surface area contributed by atoms with Crippen LogP contribution in [0.3, 0.4) is 0 Å². The maximum atomic E-state index is 9.13. The highest BCUT2D eigenvalue weighted by Crippen LogP contribution is 2.20. The Morgan fingerprint density at radius 2 is 2.40 bits per heavy atom. The molecular formula is C7H12O3. The van der Waals surface area contributed by atoms with Crippen LogP contribution in [0.4, 0.5) is 0 Å². The number of rotatable bonds is 1. The summed E-state index contributed by atoms with van der Waals surface area (Å²) in [5, 5.41) is 17.8. The number of aliphatic hydroxyl groups is 2. The third-order valence-corrected chi connectivity index (χ3v) is 1.54. The largest absolute Gasteiger partial charge is 0.493 e. The van der Waals surface area contributed by atoms with E-state index in [2.05, 4.69) is 6.58 Å². The maximum absolute atomic E-state index is 9.13. The Balaban J connectivity index is 2.42. The first-order chi connectivity index (χ1) is 4.72. The summed E-state index contributed by atoms with van der Waals surface area (Å²) in [7, 11) is 0. The van der Waals surface area contributed by atoms with Crippen LogP contribution in [0, 0.1) is 0 Å². The first-order valence-corrected chi connectivity index (χ1v) is 3.35. The predicted octanol–water partition coefficient (Wildman–Crippen LogP) is 0.0323. The zero-order valence-corrected chi connectivity index (χ0v) is 5.79. The quantitative estimate of drug-likeness (QED) is 0.546. The van der Waals surface area contributed by atoms with Gasteiger partial charge in [-0.05, 0) is 0 Å². The van der Waals surface area contributed by atoms with Crippen LogP contribution in [0.5, 0.6) is 0 Å². The molecule has 1 saturated heterocycles. The average Bonchev–Trinajstić information content (AvgIpc) is 1.85. The van der Waals surface area contributed by atoms with Gasteiger partial charge in [-0.2, -0.15) is 0 Å². The van der Waals surface area contributed by atoms with Crippen LogP contribution in [0.15, 0.2) is 12.3 Å². The molecule has 0 spiro atoms. The van der Waals surface area contributed by atoms with E-state index in [1.54, 1.807) is 0 Å². The Bertz CT molecular complexity index is 133. The summed E-state index contributed by atoms with van der Waals surface area (Å²) < 4.78 is 5.10. The lowest BCUT2D eigenvalue weighted by molar-refractivity contribution is -0.0240. The van der Waals surface area contributed by atoms with Crippen molar-refractivity contribution >= 4 is 0 Å². The number of aliphatic hydroxyl groups excluding tert-OH is 2. The summed E-state index contributed by atoms with van der Waals surface area (Å²) in [5.74, 6) is 0.567. The topological polar surface area (TPSA) is 49.7 Å². The van der Waals surface area contributed by atoms with Crippen molar-refractivity contribution in [1.82, 2.24) is 0 Å². The van der Waals surface area contributed by atoms with Crippen molar-refractivity contribution in [2.75, 3.05) is 6.61 Å². The van der Waals surface area contributed by atoms with E-state index >= 15 is 0 Å². The lowest BCUT2D eigenvalue weighted by Crippen LogP contribution is -2.29. The SMILES string of the molecule is C=C1CC(O)CC(CO)O1. The highest BCUT2D eigenvalue weighted by Gasteiger charge is 2.22. The van der Waals surface area contributed by atoms with Crippen LogP contribution in [0.1, 0.15) is 12.8 Å². The Hall–Kier alpha value is -0.540. The zero-order chi connectivity index (χ0) is 7.56. The molecule has 1 aliphatic rings. The van der Waals surface area contributed by atoms with E-state index in [0.29, 0.717) is 18.6 Å². The van der Waals surface area contributed by atoms with Crippen molar-refractivity contribution in [3.8, 4) is 0 Å². The van der Waals surface area contributed by atoms with Gasteiger partial charge in [-0.15, -0.1) is 0 Å². The Kier molecular flexibility index (Phi) is 2.29. The molecular weight excluding hydrogens is 132 g/mol. The smallest absolute Gasteiger partial charge is 0.124 e. The van der Waals surface area contributed by atoms with Gasteiger partial charge in [0, 0.05) is 12.8 Å². The van der Waals surface area contributed by atoms with Gasteiger partial charge in [-0.1, -0.05) is 6.58 Å². The lowest BCUT2D eigenvalue weighted by Gasteiger charge is -2.27. The van der Waals surface area contributed by atoms with Gasteiger partial charge in [0.25, 0.3) is 0 Å². The molecule has 2 atom stereocenters. The van der Waals surface area contributed by atoms with Gasteiger partial charge < -0.3 is 14.9 Å². The zero-order valence-electron chi connectivity index (χ0n) is 5.79. The fraction of sp³-hybridized carbons (Fsp3) is 0.714. The Labute approximate surface area is 59.9 Å². The van der Waals surface area contributed by atoms with Crippen LogP contribution in [-0.2, 0) is 4.74 Å². The summed E-state index contributed by atoms with van der Waals surface area (Å²) >= 11 is 0. The highest BCUT2D eigenvalue weighted by molar-refractivity contribution is 4.92. The molecule has 0 amide bonds. The second kappa shape index (κ2) is 3.03. The summed E-state index contributed by atoms with van der Waals surface area (Å²) in [6, 6.07) is 0. The third kappa shape index (κ3) is 1.72. The lowest BCUT2D eigenvalue weighted by atomic mass is 10.1. The molecule has 58 valence electrons. The number of hydrogen-bond donors (Lipinski definition) is 2. The molecule has 1 heterocycles. The van der Waals surface area contributed by atoms with E-state index in [1.807, 2.05) is 0 Å². The molecule has 1 aliphatic heterocycles. The van der Waals surface area contributed by atoms with Crippen LogP contribution in [-0.4, -0.2) is 29.0 Å². The fourth-order valence-corrected chi connectivity index (χ4v) is 1.09. The first-order valence-electron chi connectivity index (χ1n) is 3.35. The Morgan fingerprint density at radius 3 is 2.90 bits per heavy atom. The van der Waals surface area contributed by atoms with Crippen molar-refractivity contribution in [3.05, 3.63) is 12.3 Å². The summed E-state index contributed by atoms with van der Waals surface area (Å²) in [5.41, 5.74) is 0. The molecule has 0 bridgehead atoms. The van der Waals surface area contributed by atoms with Gasteiger partial charge in [0.2, 0.25) is 0 Å². The van der Waals surface area contributed by atoms with Gasteiger partial charge in [-0.3, -0.25) is 0 Å². The van der Waals surface area contributed by atoms with Crippen LogP contribution in [0.2, 0.25) is 0 Å².